The van der Waals surface area contributed by atoms with Crippen molar-refractivity contribution in [2.75, 3.05) is 6.54 Å². The van der Waals surface area contributed by atoms with Crippen LogP contribution in [0.15, 0.2) is 22.7 Å². The molecule has 16 heavy (non-hydrogen) atoms. The van der Waals surface area contributed by atoms with Gasteiger partial charge >= 0.3 is 0 Å². The third-order valence-corrected chi connectivity index (χ3v) is 4.67. The molecule has 0 aliphatic carbocycles. The van der Waals surface area contributed by atoms with Crippen LogP contribution in [0.5, 0.6) is 0 Å². The summed E-state index contributed by atoms with van der Waals surface area (Å²) in [6.45, 7) is 2.46. The molecule has 90 valence electrons. The standard InChI is InChI=1S/C11H15BrFNOS/c1-8(4-5-14)16(15)7-9-2-3-11(13)10(12)6-9/h2-3,6,8H,4-5,7,14H2,1H3. The van der Waals surface area contributed by atoms with Gasteiger partial charge in [-0.25, -0.2) is 4.39 Å². The average Bonchev–Trinajstić information content (AvgIpc) is 2.24. The van der Waals surface area contributed by atoms with E-state index in [-0.39, 0.29) is 11.1 Å². The van der Waals surface area contributed by atoms with Gasteiger partial charge in [-0.05, 0) is 46.6 Å². The third-order valence-electron chi connectivity index (χ3n) is 2.31. The second-order valence-electron chi connectivity index (χ2n) is 3.66. The van der Waals surface area contributed by atoms with E-state index in [1.54, 1.807) is 12.1 Å². The minimum atomic E-state index is -0.954. The fourth-order valence-corrected chi connectivity index (χ4v) is 2.92. The monoisotopic (exact) mass is 307 g/mol. The van der Waals surface area contributed by atoms with E-state index in [2.05, 4.69) is 15.9 Å². The molecule has 5 heteroatoms. The molecule has 0 radical (unpaired) electrons. The molecular formula is C11H15BrFNOS. The van der Waals surface area contributed by atoms with Crippen molar-refractivity contribution >= 4 is 26.7 Å². The summed E-state index contributed by atoms with van der Waals surface area (Å²) in [6.07, 6.45) is 0.745. The first-order chi connectivity index (χ1) is 7.54. The molecule has 0 spiro atoms. The Kier molecular flexibility index (Phi) is 5.58. The molecule has 0 fully saturated rings. The van der Waals surface area contributed by atoms with Crippen LogP contribution in [0.4, 0.5) is 4.39 Å². The lowest BCUT2D eigenvalue weighted by Gasteiger charge is -2.10. The smallest absolute Gasteiger partial charge is 0.137 e. The lowest BCUT2D eigenvalue weighted by atomic mass is 10.2. The van der Waals surface area contributed by atoms with Crippen LogP contribution in [-0.2, 0) is 16.6 Å². The van der Waals surface area contributed by atoms with Crippen LogP contribution in [0.25, 0.3) is 0 Å². The van der Waals surface area contributed by atoms with Gasteiger partial charge in [0.05, 0.1) is 4.47 Å². The summed E-state index contributed by atoms with van der Waals surface area (Å²) >= 11 is 3.11. The van der Waals surface area contributed by atoms with Crippen molar-refractivity contribution in [3.63, 3.8) is 0 Å². The highest BCUT2D eigenvalue weighted by Gasteiger charge is 2.11. The fourth-order valence-electron chi connectivity index (χ4n) is 1.30. The Hall–Kier alpha value is -0.260. The first-order valence-corrected chi connectivity index (χ1v) is 7.23. The Labute approximate surface area is 106 Å². The summed E-state index contributed by atoms with van der Waals surface area (Å²) in [5, 5.41) is 0.0776. The maximum absolute atomic E-state index is 13.0. The van der Waals surface area contributed by atoms with Gasteiger partial charge in [-0.2, -0.15) is 0 Å². The van der Waals surface area contributed by atoms with Crippen LogP contribution in [0.1, 0.15) is 18.9 Å². The third kappa shape index (κ3) is 3.96. The fraction of sp³-hybridized carbons (Fsp3) is 0.455. The van der Waals surface area contributed by atoms with Crippen LogP contribution in [0.3, 0.4) is 0 Å². The first kappa shape index (κ1) is 13.8. The van der Waals surface area contributed by atoms with Gasteiger partial charge in [0.25, 0.3) is 0 Å². The van der Waals surface area contributed by atoms with E-state index >= 15 is 0 Å². The predicted octanol–water partition coefficient (Wildman–Crippen LogP) is 2.57. The molecule has 1 rings (SSSR count). The highest BCUT2D eigenvalue weighted by molar-refractivity contribution is 9.10. The van der Waals surface area contributed by atoms with Crippen molar-refractivity contribution < 1.29 is 8.60 Å². The number of hydrogen-bond donors (Lipinski definition) is 1. The molecule has 0 bridgehead atoms. The molecule has 0 saturated carbocycles. The highest BCUT2D eigenvalue weighted by Crippen LogP contribution is 2.18. The van der Waals surface area contributed by atoms with Crippen molar-refractivity contribution in [2.24, 2.45) is 5.73 Å². The Balaban J connectivity index is 2.66. The van der Waals surface area contributed by atoms with E-state index in [1.165, 1.54) is 6.07 Å². The molecule has 1 aromatic rings. The summed E-state index contributed by atoms with van der Waals surface area (Å²) in [4.78, 5) is 0. The van der Waals surface area contributed by atoms with Crippen molar-refractivity contribution in [3.8, 4) is 0 Å². The summed E-state index contributed by atoms with van der Waals surface area (Å²) in [5.41, 5.74) is 6.28. The van der Waals surface area contributed by atoms with Gasteiger partial charge in [-0.15, -0.1) is 0 Å². The molecule has 0 saturated heterocycles. The lowest BCUT2D eigenvalue weighted by Crippen LogP contribution is -2.17. The Morgan fingerprint density at radius 1 is 1.56 bits per heavy atom. The Bertz CT molecular complexity index is 386. The van der Waals surface area contributed by atoms with E-state index < -0.39 is 10.8 Å². The summed E-state index contributed by atoms with van der Waals surface area (Å²) in [7, 11) is -0.954. The minimum Gasteiger partial charge on any atom is -0.330 e. The second kappa shape index (κ2) is 6.47. The molecule has 0 amide bonds. The number of benzene rings is 1. The molecule has 2 unspecified atom stereocenters. The van der Waals surface area contributed by atoms with E-state index in [1.807, 2.05) is 6.92 Å². The van der Waals surface area contributed by atoms with Gasteiger partial charge in [0.2, 0.25) is 0 Å². The Morgan fingerprint density at radius 2 is 2.25 bits per heavy atom. The molecule has 1 aromatic carbocycles. The van der Waals surface area contributed by atoms with Crippen LogP contribution in [-0.4, -0.2) is 16.0 Å². The maximum atomic E-state index is 13.0. The minimum absolute atomic E-state index is 0.0776. The number of nitrogens with two attached hydrogens (primary N) is 1. The van der Waals surface area contributed by atoms with Gasteiger partial charge in [0.1, 0.15) is 5.82 Å². The molecule has 0 aromatic heterocycles. The quantitative estimate of drug-likeness (QED) is 0.908. The van der Waals surface area contributed by atoms with Crippen molar-refractivity contribution in [1.29, 1.82) is 0 Å². The zero-order valence-corrected chi connectivity index (χ0v) is 11.5. The lowest BCUT2D eigenvalue weighted by molar-refractivity contribution is 0.620. The zero-order chi connectivity index (χ0) is 12.1. The normalized spacial score (nSPS) is 14.8. The van der Waals surface area contributed by atoms with Crippen molar-refractivity contribution in [2.45, 2.75) is 24.3 Å². The molecule has 0 aliphatic rings. The van der Waals surface area contributed by atoms with Gasteiger partial charge < -0.3 is 5.73 Å². The van der Waals surface area contributed by atoms with E-state index in [4.69, 9.17) is 5.73 Å². The maximum Gasteiger partial charge on any atom is 0.137 e. The topological polar surface area (TPSA) is 43.1 Å². The Morgan fingerprint density at radius 3 is 2.81 bits per heavy atom. The summed E-state index contributed by atoms with van der Waals surface area (Å²) < 4.78 is 25.2. The van der Waals surface area contributed by atoms with E-state index in [0.29, 0.717) is 16.8 Å². The molecule has 2 N–H and O–H groups in total. The molecule has 2 atom stereocenters. The SMILES string of the molecule is CC(CCN)S(=O)Cc1ccc(F)c(Br)c1. The molecule has 0 heterocycles. The highest BCUT2D eigenvalue weighted by atomic mass is 79.9. The van der Waals surface area contributed by atoms with Gasteiger partial charge in [0, 0.05) is 21.8 Å². The molecular weight excluding hydrogens is 293 g/mol. The zero-order valence-electron chi connectivity index (χ0n) is 9.08. The van der Waals surface area contributed by atoms with Gasteiger partial charge in [-0.1, -0.05) is 13.0 Å². The van der Waals surface area contributed by atoms with Crippen molar-refractivity contribution in [3.05, 3.63) is 34.1 Å². The molecule has 2 nitrogen and oxygen atoms in total. The second-order valence-corrected chi connectivity index (χ2v) is 6.37. The average molecular weight is 308 g/mol. The summed E-state index contributed by atoms with van der Waals surface area (Å²) in [6, 6.07) is 4.71. The largest absolute Gasteiger partial charge is 0.330 e. The van der Waals surface area contributed by atoms with E-state index in [9.17, 15) is 8.60 Å². The number of hydrogen-bond acceptors (Lipinski definition) is 2. The number of halogens is 2. The van der Waals surface area contributed by atoms with Crippen LogP contribution < -0.4 is 5.73 Å². The van der Waals surface area contributed by atoms with Crippen LogP contribution in [0, 0.1) is 5.82 Å². The van der Waals surface area contributed by atoms with Gasteiger partial charge in [0.15, 0.2) is 0 Å². The molecule has 0 aliphatic heterocycles. The van der Waals surface area contributed by atoms with Gasteiger partial charge in [-0.3, -0.25) is 4.21 Å². The van der Waals surface area contributed by atoms with Crippen LogP contribution in [0.2, 0.25) is 0 Å². The number of rotatable bonds is 5. The first-order valence-electron chi connectivity index (χ1n) is 5.05. The predicted molar refractivity (Wildman–Crippen MR) is 69.1 cm³/mol. The van der Waals surface area contributed by atoms with Crippen molar-refractivity contribution in [1.82, 2.24) is 0 Å². The van der Waals surface area contributed by atoms with Crippen LogP contribution >= 0.6 is 15.9 Å². The van der Waals surface area contributed by atoms with E-state index in [0.717, 1.165) is 12.0 Å². The summed E-state index contributed by atoms with van der Waals surface area (Å²) in [5.74, 6) is 0.143.